The van der Waals surface area contributed by atoms with Crippen LogP contribution in [-0.2, 0) is 6.54 Å². The van der Waals surface area contributed by atoms with E-state index >= 15 is 0 Å². The summed E-state index contributed by atoms with van der Waals surface area (Å²) in [7, 11) is 0. The lowest BCUT2D eigenvalue weighted by Crippen LogP contribution is -2.21. The summed E-state index contributed by atoms with van der Waals surface area (Å²) < 4.78 is 36.3. The van der Waals surface area contributed by atoms with E-state index < -0.39 is 5.51 Å². The molecule has 1 aromatic heterocycles. The predicted octanol–water partition coefficient (Wildman–Crippen LogP) is 2.41. The fourth-order valence-electron chi connectivity index (χ4n) is 0.936. The molecule has 0 bridgehead atoms. The number of hydrogen-bond donors (Lipinski definition) is 2. The molecule has 0 aliphatic heterocycles. The number of halogens is 3. The van der Waals surface area contributed by atoms with Gasteiger partial charge < -0.3 is 11.1 Å². The van der Waals surface area contributed by atoms with Crippen molar-refractivity contribution in [2.24, 2.45) is 5.73 Å². The number of hydrogen-bond acceptors (Lipinski definition) is 4. The summed E-state index contributed by atoms with van der Waals surface area (Å²) in [5.74, 6) is 0. The molecule has 0 atom stereocenters. The summed E-state index contributed by atoms with van der Waals surface area (Å²) in [5, 5.41) is 3.02. The summed E-state index contributed by atoms with van der Waals surface area (Å²) in [4.78, 5) is 0.884. The summed E-state index contributed by atoms with van der Waals surface area (Å²) in [6.07, 6.45) is 0. The second-order valence-electron chi connectivity index (χ2n) is 2.73. The van der Waals surface area contributed by atoms with Crippen LogP contribution in [0.5, 0.6) is 0 Å². The minimum Gasteiger partial charge on any atom is -0.329 e. The first-order chi connectivity index (χ1) is 7.01. The summed E-state index contributed by atoms with van der Waals surface area (Å²) in [5.41, 5.74) is 1.07. The van der Waals surface area contributed by atoms with Crippen molar-refractivity contribution >= 4 is 23.1 Å². The maximum Gasteiger partial charge on any atom is 0.447 e. The summed E-state index contributed by atoms with van der Waals surface area (Å²) >= 11 is 1.08. The molecule has 15 heavy (non-hydrogen) atoms. The topological polar surface area (TPSA) is 38.0 Å². The zero-order valence-corrected chi connectivity index (χ0v) is 9.44. The van der Waals surface area contributed by atoms with Gasteiger partial charge in [0.25, 0.3) is 0 Å². The molecule has 1 aromatic rings. The highest BCUT2D eigenvalue weighted by atomic mass is 32.2. The van der Waals surface area contributed by atoms with E-state index in [1.54, 1.807) is 6.07 Å². The maximum atomic E-state index is 12.0. The van der Waals surface area contributed by atoms with Gasteiger partial charge in [-0.05, 0) is 23.9 Å². The van der Waals surface area contributed by atoms with Crippen LogP contribution in [-0.4, -0.2) is 18.6 Å². The molecule has 1 rings (SSSR count). The Kier molecular flexibility index (Phi) is 4.91. The van der Waals surface area contributed by atoms with Gasteiger partial charge in [-0.1, -0.05) is 0 Å². The lowest BCUT2D eigenvalue weighted by Gasteiger charge is -2.02. The van der Waals surface area contributed by atoms with Crippen molar-refractivity contribution in [3.05, 3.63) is 17.0 Å². The first-order valence-electron chi connectivity index (χ1n) is 4.26. The minimum atomic E-state index is -4.20. The lowest BCUT2D eigenvalue weighted by atomic mass is 10.4. The van der Waals surface area contributed by atoms with E-state index in [1.807, 2.05) is 0 Å². The highest BCUT2D eigenvalue weighted by Crippen LogP contribution is 2.40. The third-order valence-corrected chi connectivity index (χ3v) is 3.42. The van der Waals surface area contributed by atoms with E-state index in [0.29, 0.717) is 19.6 Å². The van der Waals surface area contributed by atoms with Crippen LogP contribution in [0.15, 0.2) is 16.3 Å². The quantitative estimate of drug-likeness (QED) is 0.627. The van der Waals surface area contributed by atoms with Crippen LogP contribution < -0.4 is 11.1 Å². The Balaban J connectivity index is 2.42. The molecule has 2 nitrogen and oxygen atoms in total. The first-order valence-corrected chi connectivity index (χ1v) is 5.90. The van der Waals surface area contributed by atoms with Gasteiger partial charge in [0.2, 0.25) is 0 Å². The lowest BCUT2D eigenvalue weighted by molar-refractivity contribution is -0.0326. The molecular formula is C8H11F3N2S2. The van der Waals surface area contributed by atoms with E-state index in [0.717, 1.165) is 16.2 Å². The average Bonchev–Trinajstić information content (AvgIpc) is 2.50. The largest absolute Gasteiger partial charge is 0.447 e. The molecule has 0 aliphatic carbocycles. The average molecular weight is 256 g/mol. The number of rotatable bonds is 5. The van der Waals surface area contributed by atoms with Crippen molar-refractivity contribution in [2.75, 3.05) is 13.1 Å². The van der Waals surface area contributed by atoms with Gasteiger partial charge in [0, 0.05) is 24.5 Å². The van der Waals surface area contributed by atoms with E-state index in [4.69, 9.17) is 5.73 Å². The number of nitrogens with two attached hydrogens (primary N) is 1. The molecular weight excluding hydrogens is 245 g/mol. The first kappa shape index (κ1) is 12.8. The van der Waals surface area contributed by atoms with Crippen LogP contribution in [0.1, 0.15) is 4.88 Å². The van der Waals surface area contributed by atoms with Crippen molar-refractivity contribution in [3.63, 3.8) is 0 Å². The number of alkyl halides is 3. The van der Waals surface area contributed by atoms with E-state index in [1.165, 1.54) is 6.07 Å². The molecule has 0 radical (unpaired) electrons. The van der Waals surface area contributed by atoms with Gasteiger partial charge in [0.05, 0.1) is 4.21 Å². The number of thioether (sulfide) groups is 1. The van der Waals surface area contributed by atoms with Crippen molar-refractivity contribution in [1.82, 2.24) is 5.32 Å². The summed E-state index contributed by atoms with van der Waals surface area (Å²) in [6, 6.07) is 3.19. The third-order valence-electron chi connectivity index (χ3n) is 1.47. The Bertz CT molecular complexity index is 298. The van der Waals surface area contributed by atoms with Gasteiger partial charge in [-0.2, -0.15) is 13.2 Å². The molecule has 0 saturated carbocycles. The molecule has 0 aromatic carbocycles. The van der Waals surface area contributed by atoms with E-state index in [2.05, 4.69) is 5.32 Å². The maximum absolute atomic E-state index is 12.0. The second-order valence-corrected chi connectivity index (χ2v) is 5.27. The fraction of sp³-hybridized carbons (Fsp3) is 0.500. The zero-order chi connectivity index (χ0) is 11.3. The van der Waals surface area contributed by atoms with Gasteiger partial charge in [-0.3, -0.25) is 0 Å². The highest BCUT2D eigenvalue weighted by Gasteiger charge is 2.29. The van der Waals surface area contributed by atoms with Gasteiger partial charge in [0.1, 0.15) is 0 Å². The number of nitrogens with one attached hydrogen (secondary N) is 1. The Labute approximate surface area is 94.0 Å². The van der Waals surface area contributed by atoms with Crippen LogP contribution in [0.25, 0.3) is 0 Å². The minimum absolute atomic E-state index is 0.0732. The van der Waals surface area contributed by atoms with Gasteiger partial charge in [-0.15, -0.1) is 11.3 Å². The van der Waals surface area contributed by atoms with Crippen molar-refractivity contribution in [3.8, 4) is 0 Å². The standard InChI is InChI=1S/C8H11F3N2S2/c9-8(10,11)15-7-2-1-6(14-7)5-13-4-3-12/h1-2,13H,3-5,12H2. The fourth-order valence-corrected chi connectivity index (χ4v) is 2.78. The molecule has 0 aliphatic rings. The Morgan fingerprint density at radius 2 is 2.13 bits per heavy atom. The number of thiophene rings is 1. The molecule has 1 heterocycles. The van der Waals surface area contributed by atoms with E-state index in [9.17, 15) is 13.2 Å². The Morgan fingerprint density at radius 3 is 2.73 bits per heavy atom. The van der Waals surface area contributed by atoms with Crippen molar-refractivity contribution < 1.29 is 13.2 Å². The second kappa shape index (κ2) is 5.74. The molecule has 0 saturated heterocycles. The van der Waals surface area contributed by atoms with E-state index in [-0.39, 0.29) is 16.0 Å². The van der Waals surface area contributed by atoms with Crippen molar-refractivity contribution in [2.45, 2.75) is 16.3 Å². The van der Waals surface area contributed by atoms with Crippen molar-refractivity contribution in [1.29, 1.82) is 0 Å². The molecule has 0 spiro atoms. The zero-order valence-electron chi connectivity index (χ0n) is 7.80. The molecule has 7 heteroatoms. The third kappa shape index (κ3) is 5.41. The molecule has 0 fully saturated rings. The smallest absolute Gasteiger partial charge is 0.329 e. The van der Waals surface area contributed by atoms with Gasteiger partial charge in [-0.25, -0.2) is 0 Å². The van der Waals surface area contributed by atoms with Crippen LogP contribution >= 0.6 is 23.1 Å². The summed E-state index contributed by atoms with van der Waals surface area (Å²) in [6.45, 7) is 1.76. The van der Waals surface area contributed by atoms with Crippen LogP contribution in [0.2, 0.25) is 0 Å². The SMILES string of the molecule is NCCNCc1ccc(SC(F)(F)F)s1. The van der Waals surface area contributed by atoms with Crippen LogP contribution in [0.3, 0.4) is 0 Å². The molecule has 0 unspecified atom stereocenters. The molecule has 0 amide bonds. The van der Waals surface area contributed by atoms with Gasteiger partial charge in [0.15, 0.2) is 0 Å². The Hall–Kier alpha value is -0.240. The molecule has 3 N–H and O–H groups in total. The Morgan fingerprint density at radius 1 is 1.40 bits per heavy atom. The normalized spacial score (nSPS) is 12.0. The highest BCUT2D eigenvalue weighted by molar-refractivity contribution is 8.01. The monoisotopic (exact) mass is 256 g/mol. The van der Waals surface area contributed by atoms with Crippen LogP contribution in [0, 0.1) is 0 Å². The van der Waals surface area contributed by atoms with Crippen LogP contribution in [0.4, 0.5) is 13.2 Å². The molecule has 86 valence electrons. The van der Waals surface area contributed by atoms with Gasteiger partial charge >= 0.3 is 5.51 Å². The predicted molar refractivity (Wildman–Crippen MR) is 57.0 cm³/mol.